The molecule has 2 N–H and O–H groups in total. The first-order valence-corrected chi connectivity index (χ1v) is 6.18. The standard InChI is InChI=1S/C14H19NO3/c1-2-11-5-3-6-12(9-11)10-13(16)15-8-4-7-14(17)18/h3,5-6,9H,2,4,7-8,10H2,1H3,(H,15,16)(H,17,18). The molecule has 98 valence electrons. The van der Waals surface area contributed by atoms with E-state index in [0.29, 0.717) is 19.4 Å². The summed E-state index contributed by atoms with van der Waals surface area (Å²) in [6.07, 6.45) is 1.86. The fraction of sp³-hybridized carbons (Fsp3) is 0.429. The minimum atomic E-state index is -0.833. The van der Waals surface area contributed by atoms with Crippen LogP contribution in [-0.2, 0) is 22.4 Å². The van der Waals surface area contributed by atoms with Crippen molar-refractivity contribution in [2.75, 3.05) is 6.54 Å². The Kier molecular flexibility index (Phi) is 5.91. The van der Waals surface area contributed by atoms with Crippen molar-refractivity contribution in [3.05, 3.63) is 35.4 Å². The highest BCUT2D eigenvalue weighted by atomic mass is 16.4. The zero-order valence-corrected chi connectivity index (χ0v) is 10.6. The molecule has 0 aliphatic carbocycles. The molecule has 0 radical (unpaired) electrons. The van der Waals surface area contributed by atoms with Gasteiger partial charge < -0.3 is 10.4 Å². The second-order valence-corrected chi connectivity index (χ2v) is 4.20. The Hall–Kier alpha value is -1.84. The van der Waals surface area contributed by atoms with E-state index in [1.807, 2.05) is 24.3 Å². The third-order valence-electron chi connectivity index (χ3n) is 2.65. The maximum Gasteiger partial charge on any atom is 0.303 e. The number of nitrogens with one attached hydrogen (secondary N) is 1. The largest absolute Gasteiger partial charge is 0.481 e. The number of carboxylic acid groups (broad SMARTS) is 1. The molecule has 4 nitrogen and oxygen atoms in total. The smallest absolute Gasteiger partial charge is 0.303 e. The van der Waals surface area contributed by atoms with Crippen LogP contribution in [0.3, 0.4) is 0 Å². The lowest BCUT2D eigenvalue weighted by Gasteiger charge is -2.05. The summed E-state index contributed by atoms with van der Waals surface area (Å²) in [6.45, 7) is 2.49. The van der Waals surface area contributed by atoms with Crippen LogP contribution in [0.5, 0.6) is 0 Å². The van der Waals surface area contributed by atoms with Crippen LogP contribution in [0, 0.1) is 0 Å². The molecule has 0 saturated carbocycles. The number of aryl methyl sites for hydroxylation is 1. The van der Waals surface area contributed by atoms with Gasteiger partial charge in [0, 0.05) is 13.0 Å². The molecule has 1 rings (SSSR count). The molecule has 0 aromatic heterocycles. The molecule has 0 fully saturated rings. The van der Waals surface area contributed by atoms with Gasteiger partial charge in [0.1, 0.15) is 0 Å². The van der Waals surface area contributed by atoms with E-state index in [0.717, 1.165) is 12.0 Å². The Morgan fingerprint density at radius 2 is 2.00 bits per heavy atom. The summed E-state index contributed by atoms with van der Waals surface area (Å²) in [5.74, 6) is -0.895. The number of carbonyl (C=O) groups excluding carboxylic acids is 1. The highest BCUT2D eigenvalue weighted by Gasteiger charge is 2.04. The first-order valence-electron chi connectivity index (χ1n) is 6.18. The lowest BCUT2D eigenvalue weighted by atomic mass is 10.1. The Bertz CT molecular complexity index is 415. The molecule has 0 aliphatic rings. The minimum absolute atomic E-state index is 0.0614. The van der Waals surface area contributed by atoms with E-state index in [1.54, 1.807) is 0 Å². The van der Waals surface area contributed by atoms with Gasteiger partial charge in [-0.15, -0.1) is 0 Å². The van der Waals surface area contributed by atoms with Crippen molar-refractivity contribution < 1.29 is 14.7 Å². The van der Waals surface area contributed by atoms with Gasteiger partial charge in [-0.25, -0.2) is 0 Å². The van der Waals surface area contributed by atoms with Gasteiger partial charge in [0.2, 0.25) is 5.91 Å². The number of hydrogen-bond acceptors (Lipinski definition) is 2. The maximum absolute atomic E-state index is 11.6. The normalized spacial score (nSPS) is 10.1. The Balaban J connectivity index is 2.33. The zero-order valence-electron chi connectivity index (χ0n) is 10.6. The first-order chi connectivity index (χ1) is 8.61. The highest BCUT2D eigenvalue weighted by Crippen LogP contribution is 2.06. The third kappa shape index (κ3) is 5.48. The topological polar surface area (TPSA) is 66.4 Å². The number of amides is 1. The van der Waals surface area contributed by atoms with E-state index in [4.69, 9.17) is 5.11 Å². The van der Waals surface area contributed by atoms with Gasteiger partial charge in [0.15, 0.2) is 0 Å². The first kappa shape index (κ1) is 14.2. The number of hydrogen-bond donors (Lipinski definition) is 2. The van der Waals surface area contributed by atoms with Crippen LogP contribution in [-0.4, -0.2) is 23.5 Å². The monoisotopic (exact) mass is 249 g/mol. The molecule has 1 aromatic carbocycles. The zero-order chi connectivity index (χ0) is 13.4. The third-order valence-corrected chi connectivity index (χ3v) is 2.65. The molecule has 0 saturated heterocycles. The number of rotatable bonds is 7. The van der Waals surface area contributed by atoms with Crippen molar-refractivity contribution in [2.24, 2.45) is 0 Å². The van der Waals surface area contributed by atoms with E-state index < -0.39 is 5.97 Å². The number of carboxylic acids is 1. The molecule has 18 heavy (non-hydrogen) atoms. The summed E-state index contributed by atoms with van der Waals surface area (Å²) in [5, 5.41) is 11.2. The number of aliphatic carboxylic acids is 1. The van der Waals surface area contributed by atoms with Crippen molar-refractivity contribution in [3.63, 3.8) is 0 Å². The summed E-state index contributed by atoms with van der Waals surface area (Å²) >= 11 is 0. The van der Waals surface area contributed by atoms with Gasteiger partial charge in [-0.3, -0.25) is 9.59 Å². The molecule has 0 aliphatic heterocycles. The predicted octanol–water partition coefficient (Wildman–Crippen LogP) is 1.77. The average Bonchev–Trinajstić information content (AvgIpc) is 2.34. The molecule has 0 heterocycles. The Morgan fingerprint density at radius 1 is 1.28 bits per heavy atom. The lowest BCUT2D eigenvalue weighted by molar-refractivity contribution is -0.137. The summed E-state index contributed by atoms with van der Waals surface area (Å²) in [4.78, 5) is 21.9. The Labute approximate surface area is 107 Å². The van der Waals surface area contributed by atoms with E-state index in [1.165, 1.54) is 5.56 Å². The van der Waals surface area contributed by atoms with Crippen LogP contribution < -0.4 is 5.32 Å². The fourth-order valence-corrected chi connectivity index (χ4v) is 1.67. The lowest BCUT2D eigenvalue weighted by Crippen LogP contribution is -2.26. The molecule has 0 atom stereocenters. The van der Waals surface area contributed by atoms with Crippen molar-refractivity contribution >= 4 is 11.9 Å². The maximum atomic E-state index is 11.6. The molecule has 0 bridgehead atoms. The van der Waals surface area contributed by atoms with Crippen molar-refractivity contribution in [3.8, 4) is 0 Å². The van der Waals surface area contributed by atoms with Crippen LogP contribution in [0.25, 0.3) is 0 Å². The molecular weight excluding hydrogens is 230 g/mol. The van der Waals surface area contributed by atoms with Gasteiger partial charge in [0.05, 0.1) is 6.42 Å². The van der Waals surface area contributed by atoms with Crippen molar-refractivity contribution in [2.45, 2.75) is 32.6 Å². The van der Waals surface area contributed by atoms with Crippen molar-refractivity contribution in [1.29, 1.82) is 0 Å². The fourth-order valence-electron chi connectivity index (χ4n) is 1.67. The van der Waals surface area contributed by atoms with Crippen LogP contribution in [0.4, 0.5) is 0 Å². The summed E-state index contributed by atoms with van der Waals surface area (Å²) in [7, 11) is 0. The van der Waals surface area contributed by atoms with Gasteiger partial charge in [0.25, 0.3) is 0 Å². The SMILES string of the molecule is CCc1cccc(CC(=O)NCCCC(=O)O)c1. The Morgan fingerprint density at radius 3 is 2.67 bits per heavy atom. The van der Waals surface area contributed by atoms with E-state index in [-0.39, 0.29) is 12.3 Å². The predicted molar refractivity (Wildman–Crippen MR) is 69.4 cm³/mol. The number of carbonyl (C=O) groups is 2. The average molecular weight is 249 g/mol. The molecule has 4 heteroatoms. The number of benzene rings is 1. The van der Waals surface area contributed by atoms with Gasteiger partial charge in [-0.05, 0) is 24.0 Å². The second-order valence-electron chi connectivity index (χ2n) is 4.20. The molecular formula is C14H19NO3. The summed E-state index contributed by atoms with van der Waals surface area (Å²) in [5.41, 5.74) is 2.20. The molecule has 1 aromatic rings. The summed E-state index contributed by atoms with van der Waals surface area (Å²) < 4.78 is 0. The van der Waals surface area contributed by atoms with E-state index in [2.05, 4.69) is 12.2 Å². The van der Waals surface area contributed by atoms with E-state index >= 15 is 0 Å². The molecule has 0 spiro atoms. The van der Waals surface area contributed by atoms with Gasteiger partial charge in [-0.2, -0.15) is 0 Å². The second kappa shape index (κ2) is 7.48. The van der Waals surface area contributed by atoms with Crippen molar-refractivity contribution in [1.82, 2.24) is 5.32 Å². The summed E-state index contributed by atoms with van der Waals surface area (Å²) in [6, 6.07) is 7.94. The highest BCUT2D eigenvalue weighted by molar-refractivity contribution is 5.78. The van der Waals surface area contributed by atoms with Gasteiger partial charge >= 0.3 is 5.97 Å². The quantitative estimate of drug-likeness (QED) is 0.724. The minimum Gasteiger partial charge on any atom is -0.481 e. The van der Waals surface area contributed by atoms with Crippen LogP contribution in [0.15, 0.2) is 24.3 Å². The van der Waals surface area contributed by atoms with Crippen LogP contribution in [0.1, 0.15) is 30.9 Å². The van der Waals surface area contributed by atoms with E-state index in [9.17, 15) is 9.59 Å². The molecule has 1 amide bonds. The van der Waals surface area contributed by atoms with Crippen LogP contribution >= 0.6 is 0 Å². The molecule has 0 unspecified atom stereocenters. The van der Waals surface area contributed by atoms with Gasteiger partial charge in [-0.1, -0.05) is 31.2 Å². The van der Waals surface area contributed by atoms with Crippen LogP contribution in [0.2, 0.25) is 0 Å².